The van der Waals surface area contributed by atoms with Crippen molar-refractivity contribution in [1.29, 1.82) is 0 Å². The van der Waals surface area contributed by atoms with E-state index in [1.807, 2.05) is 13.8 Å². The molecule has 4 nitrogen and oxygen atoms in total. The second kappa shape index (κ2) is 4.65. The number of primary amides is 1. The molecular formula is C11H21N3OS. The molecule has 0 aromatic carbocycles. The highest BCUT2D eigenvalue weighted by molar-refractivity contribution is 8.13. The summed E-state index contributed by atoms with van der Waals surface area (Å²) in [4.78, 5) is 15.4. The van der Waals surface area contributed by atoms with E-state index in [1.54, 1.807) is 11.8 Å². The molecule has 1 heterocycles. The molecule has 1 aliphatic rings. The molecule has 0 fully saturated rings. The second-order valence-corrected chi connectivity index (χ2v) is 6.69. The van der Waals surface area contributed by atoms with Crippen LogP contribution < -0.4 is 11.1 Å². The molecule has 0 bridgehead atoms. The van der Waals surface area contributed by atoms with Crippen molar-refractivity contribution in [3.63, 3.8) is 0 Å². The molecule has 0 aromatic heterocycles. The smallest absolute Gasteiger partial charge is 0.219 e. The van der Waals surface area contributed by atoms with Crippen LogP contribution in [0.5, 0.6) is 0 Å². The van der Waals surface area contributed by atoms with Crippen LogP contribution in [0.2, 0.25) is 0 Å². The van der Waals surface area contributed by atoms with Gasteiger partial charge in [-0.2, -0.15) is 0 Å². The van der Waals surface area contributed by atoms with Crippen molar-refractivity contribution in [1.82, 2.24) is 5.32 Å². The van der Waals surface area contributed by atoms with Gasteiger partial charge < -0.3 is 11.1 Å². The van der Waals surface area contributed by atoms with E-state index in [2.05, 4.69) is 24.2 Å². The number of carbonyl (C=O) groups excluding carboxylic acids is 1. The minimum absolute atomic E-state index is 0.268. The first-order valence-corrected chi connectivity index (χ1v) is 6.43. The summed E-state index contributed by atoms with van der Waals surface area (Å²) in [5, 5.41) is 4.20. The number of nitrogens with zero attached hydrogens (tertiary/aromatic N) is 1. The van der Waals surface area contributed by atoms with Gasteiger partial charge in [-0.15, -0.1) is 0 Å². The molecule has 0 atom stereocenters. The summed E-state index contributed by atoms with van der Waals surface area (Å²) in [6.45, 7) is 9.15. The van der Waals surface area contributed by atoms with E-state index in [9.17, 15) is 4.79 Å². The number of amidine groups is 1. The fraction of sp³-hybridized carbons (Fsp3) is 0.818. The maximum atomic E-state index is 10.9. The highest BCUT2D eigenvalue weighted by Crippen LogP contribution is 2.27. The summed E-state index contributed by atoms with van der Waals surface area (Å²) < 4.78 is 0. The lowest BCUT2D eigenvalue weighted by Crippen LogP contribution is -2.46. The molecule has 0 aromatic rings. The SMILES string of the molecule is CC1(C)CN=C(NC(C)(C)CC(N)=O)SC1. The number of carbonyl (C=O) groups is 1. The van der Waals surface area contributed by atoms with Gasteiger partial charge >= 0.3 is 0 Å². The van der Waals surface area contributed by atoms with Gasteiger partial charge in [0.25, 0.3) is 0 Å². The van der Waals surface area contributed by atoms with E-state index < -0.39 is 0 Å². The monoisotopic (exact) mass is 243 g/mol. The lowest BCUT2D eigenvalue weighted by atomic mass is 9.97. The van der Waals surface area contributed by atoms with Crippen LogP contribution >= 0.6 is 11.8 Å². The average molecular weight is 243 g/mol. The Morgan fingerprint density at radius 3 is 2.69 bits per heavy atom. The number of hydrogen-bond donors (Lipinski definition) is 2. The summed E-state index contributed by atoms with van der Waals surface area (Å²) in [7, 11) is 0. The number of hydrogen-bond acceptors (Lipinski definition) is 4. The molecule has 92 valence electrons. The Bertz CT molecular complexity index is 310. The van der Waals surface area contributed by atoms with Crippen LogP contribution in [0.15, 0.2) is 4.99 Å². The predicted molar refractivity (Wildman–Crippen MR) is 69.6 cm³/mol. The van der Waals surface area contributed by atoms with Crippen molar-refractivity contribution < 1.29 is 4.79 Å². The summed E-state index contributed by atoms with van der Waals surface area (Å²) in [5.41, 5.74) is 5.15. The summed E-state index contributed by atoms with van der Waals surface area (Å²) in [5.74, 6) is 0.755. The van der Waals surface area contributed by atoms with Crippen molar-refractivity contribution in [3.05, 3.63) is 0 Å². The van der Waals surface area contributed by atoms with Crippen LogP contribution in [-0.4, -0.2) is 28.9 Å². The summed E-state index contributed by atoms with van der Waals surface area (Å²) in [6.07, 6.45) is 0.315. The Hall–Kier alpha value is -0.710. The molecule has 0 radical (unpaired) electrons. The first-order valence-electron chi connectivity index (χ1n) is 5.44. The van der Waals surface area contributed by atoms with Gasteiger partial charge in [0.2, 0.25) is 5.91 Å². The molecule has 0 saturated carbocycles. The molecule has 0 aliphatic carbocycles. The van der Waals surface area contributed by atoms with E-state index in [0.717, 1.165) is 17.5 Å². The fourth-order valence-electron chi connectivity index (χ4n) is 1.49. The number of thioether (sulfide) groups is 1. The number of rotatable bonds is 3. The third kappa shape index (κ3) is 4.43. The largest absolute Gasteiger partial charge is 0.370 e. The van der Waals surface area contributed by atoms with Gasteiger partial charge in [0.15, 0.2) is 5.17 Å². The van der Waals surface area contributed by atoms with Crippen molar-refractivity contribution >= 4 is 22.8 Å². The van der Waals surface area contributed by atoms with Gasteiger partial charge in [-0.25, -0.2) is 0 Å². The van der Waals surface area contributed by atoms with E-state index in [0.29, 0.717) is 6.42 Å². The average Bonchev–Trinajstić information content (AvgIpc) is 2.06. The zero-order valence-electron chi connectivity index (χ0n) is 10.5. The highest BCUT2D eigenvalue weighted by Gasteiger charge is 2.27. The molecule has 1 amide bonds. The van der Waals surface area contributed by atoms with E-state index in [4.69, 9.17) is 5.73 Å². The number of aliphatic imine (C=N–C) groups is 1. The Labute approximate surface area is 101 Å². The zero-order valence-corrected chi connectivity index (χ0v) is 11.3. The molecule has 0 saturated heterocycles. The minimum Gasteiger partial charge on any atom is -0.370 e. The third-order valence-electron chi connectivity index (χ3n) is 2.31. The quantitative estimate of drug-likeness (QED) is 0.786. The normalized spacial score (nSPS) is 20.1. The predicted octanol–water partition coefficient (Wildman–Crippen LogP) is 1.36. The minimum atomic E-state index is -0.320. The fourth-order valence-corrected chi connectivity index (χ4v) is 2.61. The topological polar surface area (TPSA) is 67.5 Å². The van der Waals surface area contributed by atoms with Gasteiger partial charge in [-0.1, -0.05) is 25.6 Å². The Morgan fingerprint density at radius 2 is 2.25 bits per heavy atom. The number of nitrogens with two attached hydrogens (primary N) is 1. The summed E-state index contributed by atoms with van der Waals surface area (Å²) in [6, 6.07) is 0. The Morgan fingerprint density at radius 1 is 1.62 bits per heavy atom. The van der Waals surface area contributed by atoms with Crippen LogP contribution in [0, 0.1) is 5.41 Å². The molecule has 1 rings (SSSR count). The maximum absolute atomic E-state index is 10.9. The Kier molecular flexibility index (Phi) is 3.88. The number of nitrogens with one attached hydrogen (secondary N) is 1. The van der Waals surface area contributed by atoms with E-state index >= 15 is 0 Å². The first-order chi connectivity index (χ1) is 7.20. The number of amides is 1. The van der Waals surface area contributed by atoms with Crippen LogP contribution in [-0.2, 0) is 4.79 Å². The van der Waals surface area contributed by atoms with E-state index in [1.165, 1.54) is 0 Å². The molecule has 5 heteroatoms. The molecule has 0 unspecified atom stereocenters. The molecular weight excluding hydrogens is 222 g/mol. The van der Waals surface area contributed by atoms with Gasteiger partial charge in [-0.05, 0) is 19.3 Å². The van der Waals surface area contributed by atoms with Crippen molar-refractivity contribution in [2.75, 3.05) is 12.3 Å². The standard InChI is InChI=1S/C11H21N3OS/c1-10(2)6-13-9(16-7-10)14-11(3,4)5-8(12)15/h5-7H2,1-4H3,(H2,12,15)(H,13,14). The second-order valence-electron chi connectivity index (χ2n) is 5.73. The van der Waals surface area contributed by atoms with Crippen LogP contribution in [0.3, 0.4) is 0 Å². The van der Waals surface area contributed by atoms with Gasteiger partial charge in [0, 0.05) is 24.3 Å². The molecule has 0 spiro atoms. The van der Waals surface area contributed by atoms with Gasteiger partial charge in [-0.3, -0.25) is 9.79 Å². The third-order valence-corrected chi connectivity index (χ3v) is 3.74. The van der Waals surface area contributed by atoms with Crippen LogP contribution in [0.1, 0.15) is 34.1 Å². The van der Waals surface area contributed by atoms with Gasteiger partial charge in [0.05, 0.1) is 0 Å². The Balaban J connectivity index is 2.55. The van der Waals surface area contributed by atoms with Crippen molar-refractivity contribution in [2.45, 2.75) is 39.7 Å². The van der Waals surface area contributed by atoms with Crippen molar-refractivity contribution in [2.24, 2.45) is 16.1 Å². The van der Waals surface area contributed by atoms with Crippen LogP contribution in [0.25, 0.3) is 0 Å². The van der Waals surface area contributed by atoms with Crippen molar-refractivity contribution in [3.8, 4) is 0 Å². The highest BCUT2D eigenvalue weighted by atomic mass is 32.2. The molecule has 3 N–H and O–H groups in total. The van der Waals surface area contributed by atoms with Crippen LogP contribution in [0.4, 0.5) is 0 Å². The molecule has 16 heavy (non-hydrogen) atoms. The zero-order chi connectivity index (χ0) is 12.4. The summed E-state index contributed by atoms with van der Waals surface area (Å²) >= 11 is 1.71. The first kappa shape index (κ1) is 13.4. The van der Waals surface area contributed by atoms with E-state index in [-0.39, 0.29) is 16.9 Å². The maximum Gasteiger partial charge on any atom is 0.219 e. The molecule has 1 aliphatic heterocycles. The lowest BCUT2D eigenvalue weighted by Gasteiger charge is -2.32. The van der Waals surface area contributed by atoms with Gasteiger partial charge in [0.1, 0.15) is 0 Å². The lowest BCUT2D eigenvalue weighted by molar-refractivity contribution is -0.119.